The van der Waals surface area contributed by atoms with Gasteiger partial charge in [-0.3, -0.25) is 0 Å². The Morgan fingerprint density at radius 3 is 2.24 bits per heavy atom. The van der Waals surface area contributed by atoms with Crippen molar-refractivity contribution in [3.05, 3.63) is 48.4 Å². The summed E-state index contributed by atoms with van der Waals surface area (Å²) in [4.78, 5) is 19.3. The van der Waals surface area contributed by atoms with E-state index >= 15 is 0 Å². The van der Waals surface area contributed by atoms with E-state index < -0.39 is 0 Å². The summed E-state index contributed by atoms with van der Waals surface area (Å²) >= 11 is 0. The molecule has 0 aliphatic carbocycles. The molecule has 0 unspecified atom stereocenters. The molecule has 0 fully saturated rings. The van der Waals surface area contributed by atoms with E-state index in [1.54, 1.807) is 18.6 Å². The summed E-state index contributed by atoms with van der Waals surface area (Å²) in [7, 11) is 4.15. The summed E-state index contributed by atoms with van der Waals surface area (Å²) < 4.78 is 0. The van der Waals surface area contributed by atoms with Gasteiger partial charge in [0.15, 0.2) is 11.3 Å². The molecule has 1 atom stereocenters. The van der Waals surface area contributed by atoms with Crippen LogP contribution in [0.5, 0.6) is 0 Å². The Hall–Kier alpha value is -2.40. The maximum absolute atomic E-state index is 4.51. The van der Waals surface area contributed by atoms with Crippen LogP contribution in [0.1, 0.15) is 18.5 Å². The first kappa shape index (κ1) is 13.6. The van der Waals surface area contributed by atoms with Crippen molar-refractivity contribution in [2.75, 3.05) is 14.1 Å². The lowest BCUT2D eigenvalue weighted by Gasteiger charge is -2.20. The van der Waals surface area contributed by atoms with Crippen LogP contribution in [0.15, 0.2) is 42.9 Å². The molecule has 0 spiro atoms. The second-order valence-corrected chi connectivity index (χ2v) is 5.22. The molecule has 3 aromatic rings. The summed E-state index contributed by atoms with van der Waals surface area (Å²) in [5.74, 6) is 0. The van der Waals surface area contributed by atoms with Gasteiger partial charge in [0.05, 0.1) is 11.9 Å². The number of aromatic nitrogens is 4. The highest BCUT2D eigenvalue weighted by molar-refractivity contribution is 5.69. The molecule has 5 heteroatoms. The molecule has 1 aromatic carbocycles. The van der Waals surface area contributed by atoms with Gasteiger partial charge in [-0.15, -0.1) is 0 Å². The van der Waals surface area contributed by atoms with Crippen molar-refractivity contribution in [3.8, 4) is 11.3 Å². The Kier molecular flexibility index (Phi) is 3.58. The highest BCUT2D eigenvalue weighted by Gasteiger charge is 2.09. The fraction of sp³-hybridized carbons (Fsp3) is 0.250. The zero-order valence-electron chi connectivity index (χ0n) is 12.4. The van der Waals surface area contributed by atoms with Crippen LogP contribution in [0.2, 0.25) is 0 Å². The number of nitrogens with zero attached hydrogens (tertiary/aromatic N) is 5. The Morgan fingerprint density at radius 1 is 0.905 bits per heavy atom. The molecule has 106 valence electrons. The van der Waals surface area contributed by atoms with Crippen molar-refractivity contribution >= 4 is 11.3 Å². The van der Waals surface area contributed by atoms with Crippen LogP contribution in [-0.4, -0.2) is 38.9 Å². The molecular formula is C16H17N5. The van der Waals surface area contributed by atoms with Gasteiger partial charge >= 0.3 is 0 Å². The fourth-order valence-electron chi connectivity index (χ4n) is 2.13. The summed E-state index contributed by atoms with van der Waals surface area (Å²) in [5.41, 5.74) is 4.26. The molecule has 21 heavy (non-hydrogen) atoms. The van der Waals surface area contributed by atoms with Crippen LogP contribution in [0.4, 0.5) is 0 Å². The topological polar surface area (TPSA) is 54.8 Å². The maximum atomic E-state index is 4.51. The Morgan fingerprint density at radius 2 is 1.57 bits per heavy atom. The van der Waals surface area contributed by atoms with Gasteiger partial charge in [-0.1, -0.05) is 24.3 Å². The first-order valence-electron chi connectivity index (χ1n) is 6.85. The first-order valence-corrected chi connectivity index (χ1v) is 6.85. The summed E-state index contributed by atoms with van der Waals surface area (Å²) in [6, 6.07) is 8.78. The molecule has 3 rings (SSSR count). The van der Waals surface area contributed by atoms with E-state index in [1.807, 2.05) is 0 Å². The summed E-state index contributed by atoms with van der Waals surface area (Å²) in [5, 5.41) is 0. The quantitative estimate of drug-likeness (QED) is 0.738. The van der Waals surface area contributed by atoms with Crippen molar-refractivity contribution in [2.45, 2.75) is 13.0 Å². The van der Waals surface area contributed by atoms with E-state index in [0.717, 1.165) is 11.3 Å². The number of fused-ring (bicyclic) bond motifs is 1. The van der Waals surface area contributed by atoms with E-state index in [0.29, 0.717) is 17.3 Å². The van der Waals surface area contributed by atoms with Crippen molar-refractivity contribution in [1.29, 1.82) is 0 Å². The van der Waals surface area contributed by atoms with E-state index in [9.17, 15) is 0 Å². The molecule has 2 heterocycles. The third-order valence-electron chi connectivity index (χ3n) is 3.66. The zero-order valence-corrected chi connectivity index (χ0v) is 12.4. The molecule has 2 aromatic heterocycles. The molecule has 0 saturated heterocycles. The van der Waals surface area contributed by atoms with Crippen molar-refractivity contribution in [2.24, 2.45) is 0 Å². The van der Waals surface area contributed by atoms with Gasteiger partial charge < -0.3 is 4.90 Å². The lowest BCUT2D eigenvalue weighted by Crippen LogP contribution is -2.16. The average molecular weight is 279 g/mol. The summed E-state index contributed by atoms with van der Waals surface area (Å²) in [6.45, 7) is 2.18. The molecule has 0 N–H and O–H groups in total. The smallest absolute Gasteiger partial charge is 0.198 e. The number of benzene rings is 1. The lowest BCUT2D eigenvalue weighted by molar-refractivity contribution is 0.321. The van der Waals surface area contributed by atoms with Crippen LogP contribution in [0, 0.1) is 0 Å². The van der Waals surface area contributed by atoms with Crippen LogP contribution in [-0.2, 0) is 0 Å². The molecule has 0 aliphatic heterocycles. The first-order chi connectivity index (χ1) is 10.1. The third-order valence-corrected chi connectivity index (χ3v) is 3.66. The van der Waals surface area contributed by atoms with Crippen LogP contribution in [0.3, 0.4) is 0 Å². The van der Waals surface area contributed by atoms with Crippen molar-refractivity contribution < 1.29 is 0 Å². The van der Waals surface area contributed by atoms with Gasteiger partial charge in [-0.2, -0.15) is 0 Å². The second-order valence-electron chi connectivity index (χ2n) is 5.22. The largest absolute Gasteiger partial charge is 0.303 e. The minimum absolute atomic E-state index is 0.382. The normalized spacial score (nSPS) is 12.8. The average Bonchev–Trinajstić information content (AvgIpc) is 2.54. The van der Waals surface area contributed by atoms with E-state index in [-0.39, 0.29) is 0 Å². The van der Waals surface area contributed by atoms with Gasteiger partial charge in [0.25, 0.3) is 0 Å². The van der Waals surface area contributed by atoms with E-state index in [1.165, 1.54) is 5.56 Å². The Labute approximate surface area is 123 Å². The third kappa shape index (κ3) is 2.73. The SMILES string of the molecule is C[C@@H](c1ccc(-c2cnc3nccnc3n2)cc1)N(C)C. The molecule has 0 saturated carbocycles. The highest BCUT2D eigenvalue weighted by Crippen LogP contribution is 2.22. The van der Waals surface area contributed by atoms with Gasteiger partial charge in [-0.25, -0.2) is 19.9 Å². The fourth-order valence-corrected chi connectivity index (χ4v) is 2.13. The molecule has 0 aliphatic rings. The van der Waals surface area contributed by atoms with Gasteiger partial charge in [0.1, 0.15) is 0 Å². The predicted molar refractivity (Wildman–Crippen MR) is 82.7 cm³/mol. The van der Waals surface area contributed by atoms with Gasteiger partial charge in [0, 0.05) is 24.0 Å². The van der Waals surface area contributed by atoms with Crippen LogP contribution < -0.4 is 0 Å². The minimum atomic E-state index is 0.382. The Balaban J connectivity index is 1.95. The molecule has 0 amide bonds. The monoisotopic (exact) mass is 279 g/mol. The zero-order chi connectivity index (χ0) is 14.8. The highest BCUT2D eigenvalue weighted by atomic mass is 15.1. The molecule has 0 bridgehead atoms. The van der Waals surface area contributed by atoms with Crippen LogP contribution >= 0.6 is 0 Å². The Bertz CT molecular complexity index is 752. The van der Waals surface area contributed by atoms with Gasteiger partial charge in [-0.05, 0) is 26.6 Å². The maximum Gasteiger partial charge on any atom is 0.198 e. The molecule has 0 radical (unpaired) electrons. The van der Waals surface area contributed by atoms with Crippen LogP contribution in [0.25, 0.3) is 22.6 Å². The number of hydrogen-bond donors (Lipinski definition) is 0. The number of rotatable bonds is 3. The van der Waals surface area contributed by atoms with Crippen molar-refractivity contribution in [3.63, 3.8) is 0 Å². The van der Waals surface area contributed by atoms with Gasteiger partial charge in [0.2, 0.25) is 0 Å². The standard InChI is InChI=1S/C16H17N5/c1-11(21(2)3)12-4-6-13(7-5-12)14-10-19-15-16(20-14)18-9-8-17-15/h4-11H,1-3H3/t11-/m0/s1. The number of hydrogen-bond acceptors (Lipinski definition) is 5. The second kappa shape index (κ2) is 5.54. The minimum Gasteiger partial charge on any atom is -0.303 e. The van der Waals surface area contributed by atoms with E-state index in [4.69, 9.17) is 0 Å². The van der Waals surface area contributed by atoms with E-state index in [2.05, 4.69) is 70.1 Å². The molecule has 5 nitrogen and oxygen atoms in total. The summed E-state index contributed by atoms with van der Waals surface area (Å²) in [6.07, 6.45) is 4.98. The lowest BCUT2D eigenvalue weighted by atomic mass is 10.0. The predicted octanol–water partition coefficient (Wildman–Crippen LogP) is 2.71. The van der Waals surface area contributed by atoms with Crippen molar-refractivity contribution in [1.82, 2.24) is 24.8 Å². The molecular weight excluding hydrogens is 262 g/mol.